The number of hydrogen-bond acceptors (Lipinski definition) is 8. The summed E-state index contributed by atoms with van der Waals surface area (Å²) >= 11 is 0. The second-order valence-electron chi connectivity index (χ2n) is 7.05. The Kier molecular flexibility index (Phi) is 9.04. The lowest BCUT2D eigenvalue weighted by Gasteiger charge is -2.17. The molecule has 0 aromatic heterocycles. The molecule has 0 fully saturated rings. The summed E-state index contributed by atoms with van der Waals surface area (Å²) in [4.78, 5) is 0. The smallest absolute Gasteiger partial charge is 0.200 e. The van der Waals surface area contributed by atoms with E-state index in [0.717, 1.165) is 11.1 Å². The summed E-state index contributed by atoms with van der Waals surface area (Å²) in [5.41, 5.74) is 1.68. The molecule has 0 bridgehead atoms. The average Bonchev–Trinajstić information content (AvgIpc) is 2.73. The highest BCUT2D eigenvalue weighted by molar-refractivity contribution is 5.52. The third-order valence-electron chi connectivity index (χ3n) is 4.86. The summed E-state index contributed by atoms with van der Waals surface area (Å²) in [6.45, 7) is -0.581. The number of phenolic OH excluding ortho intramolecular Hbond substituents is 2. The molecule has 2 atom stereocenters. The molecule has 2 aromatic rings. The molecule has 2 rings (SSSR count). The number of phenols is 2. The Hall–Kier alpha value is -2.68. The highest BCUT2D eigenvalue weighted by atomic mass is 16.6. The maximum Gasteiger partial charge on any atom is 0.200 e. The Balaban J connectivity index is 1.85. The fourth-order valence-electron chi connectivity index (χ4n) is 3.21. The third kappa shape index (κ3) is 6.69. The zero-order valence-corrected chi connectivity index (χ0v) is 17.2. The number of aliphatic hydroxyl groups is 3. The molecule has 0 amide bonds. The van der Waals surface area contributed by atoms with E-state index in [4.69, 9.17) is 19.3 Å². The van der Waals surface area contributed by atoms with Crippen molar-refractivity contribution in [1.82, 2.24) is 0 Å². The predicted molar refractivity (Wildman–Crippen MR) is 110 cm³/mol. The summed E-state index contributed by atoms with van der Waals surface area (Å²) in [7, 11) is 2.89. The number of rotatable bonds is 12. The molecule has 0 unspecified atom stereocenters. The van der Waals surface area contributed by atoms with Gasteiger partial charge >= 0.3 is 0 Å². The molecule has 0 aliphatic carbocycles. The van der Waals surface area contributed by atoms with Gasteiger partial charge < -0.3 is 39.7 Å². The van der Waals surface area contributed by atoms with Crippen LogP contribution in [0, 0.1) is 0 Å². The van der Waals surface area contributed by atoms with Gasteiger partial charge in [-0.1, -0.05) is 6.07 Å². The van der Waals surface area contributed by atoms with Crippen LogP contribution in [0.4, 0.5) is 0 Å². The Morgan fingerprint density at radius 1 is 0.800 bits per heavy atom. The topological polar surface area (TPSA) is 129 Å². The highest BCUT2D eigenvalue weighted by Crippen LogP contribution is 2.37. The van der Waals surface area contributed by atoms with Crippen LogP contribution in [0.5, 0.6) is 28.7 Å². The molecular formula is C22H30O8. The lowest BCUT2D eigenvalue weighted by Crippen LogP contribution is -2.19. The van der Waals surface area contributed by atoms with Crippen molar-refractivity contribution in [3.8, 4) is 28.7 Å². The van der Waals surface area contributed by atoms with Gasteiger partial charge in [0.05, 0.1) is 26.4 Å². The number of ether oxygens (including phenoxy) is 3. The zero-order valence-electron chi connectivity index (χ0n) is 17.2. The van der Waals surface area contributed by atoms with Crippen LogP contribution in [-0.2, 0) is 12.8 Å². The van der Waals surface area contributed by atoms with E-state index in [2.05, 4.69) is 0 Å². The molecule has 0 spiro atoms. The van der Waals surface area contributed by atoms with E-state index in [1.165, 1.54) is 14.2 Å². The molecular weight excluding hydrogens is 392 g/mol. The van der Waals surface area contributed by atoms with Gasteiger partial charge in [-0.25, -0.2) is 0 Å². The molecule has 0 aliphatic heterocycles. The lowest BCUT2D eigenvalue weighted by molar-refractivity contribution is 0.0712. The largest absolute Gasteiger partial charge is 0.504 e. The van der Waals surface area contributed by atoms with Gasteiger partial charge in [-0.3, -0.25) is 0 Å². The van der Waals surface area contributed by atoms with E-state index in [-0.39, 0.29) is 29.4 Å². The molecule has 0 heterocycles. The molecule has 0 aliphatic rings. The number of methoxy groups -OCH3 is 2. The van der Waals surface area contributed by atoms with Crippen LogP contribution >= 0.6 is 0 Å². The predicted octanol–water partition coefficient (Wildman–Crippen LogP) is 2.12. The van der Waals surface area contributed by atoms with Crippen LogP contribution in [0.2, 0.25) is 0 Å². The molecule has 8 nitrogen and oxygen atoms in total. The van der Waals surface area contributed by atoms with E-state index in [1.54, 1.807) is 30.3 Å². The highest BCUT2D eigenvalue weighted by Gasteiger charge is 2.16. The summed E-state index contributed by atoms with van der Waals surface area (Å²) in [6.07, 6.45) is 0.759. The Morgan fingerprint density at radius 3 is 1.97 bits per heavy atom. The van der Waals surface area contributed by atoms with Gasteiger partial charge in [0.1, 0.15) is 0 Å². The van der Waals surface area contributed by atoms with Crippen molar-refractivity contribution in [3.63, 3.8) is 0 Å². The van der Waals surface area contributed by atoms with Gasteiger partial charge in [0.15, 0.2) is 29.8 Å². The SMILES string of the molecule is COc1cc(CC[C@H](O)C[C@@H](O)CCc2cc(OC)c(O)c(OCO)c2)ccc1O. The van der Waals surface area contributed by atoms with Crippen molar-refractivity contribution in [2.75, 3.05) is 21.0 Å². The minimum absolute atomic E-state index is 0.0654. The Labute approximate surface area is 175 Å². The zero-order chi connectivity index (χ0) is 22.1. The van der Waals surface area contributed by atoms with E-state index < -0.39 is 19.0 Å². The van der Waals surface area contributed by atoms with Crippen LogP contribution in [0.25, 0.3) is 0 Å². The van der Waals surface area contributed by atoms with Gasteiger partial charge in [-0.2, -0.15) is 0 Å². The number of aromatic hydroxyl groups is 2. The molecule has 2 aromatic carbocycles. The van der Waals surface area contributed by atoms with Crippen molar-refractivity contribution in [3.05, 3.63) is 41.5 Å². The molecule has 5 N–H and O–H groups in total. The standard InChI is InChI=1S/C22H30O8/c1-28-19-9-14(5-8-18(19)26)3-6-16(24)12-17(25)7-4-15-10-20(29-2)22(27)21(11-15)30-13-23/h5,8-11,16-17,23-27H,3-4,6-7,12-13H2,1-2H3/t16-,17-/m0/s1. The van der Waals surface area contributed by atoms with Gasteiger partial charge in [0, 0.05) is 0 Å². The monoisotopic (exact) mass is 422 g/mol. The molecule has 30 heavy (non-hydrogen) atoms. The quantitative estimate of drug-likeness (QED) is 0.329. The van der Waals surface area contributed by atoms with Crippen molar-refractivity contribution >= 4 is 0 Å². The van der Waals surface area contributed by atoms with Gasteiger partial charge in [0.25, 0.3) is 0 Å². The van der Waals surface area contributed by atoms with Crippen LogP contribution in [-0.4, -0.2) is 58.8 Å². The van der Waals surface area contributed by atoms with Gasteiger partial charge in [-0.05, 0) is 67.5 Å². The maximum atomic E-state index is 10.3. The fourth-order valence-corrected chi connectivity index (χ4v) is 3.21. The minimum Gasteiger partial charge on any atom is -0.504 e. The number of hydrogen-bond donors (Lipinski definition) is 5. The average molecular weight is 422 g/mol. The summed E-state index contributed by atoms with van der Waals surface area (Å²) < 4.78 is 15.2. The van der Waals surface area contributed by atoms with Crippen molar-refractivity contribution < 1.29 is 39.7 Å². The third-order valence-corrected chi connectivity index (χ3v) is 4.86. The molecule has 0 saturated heterocycles. The fraction of sp³-hybridized carbons (Fsp3) is 0.455. The number of aryl methyl sites for hydroxylation is 2. The Bertz CT molecular complexity index is 808. The minimum atomic E-state index is -0.712. The van der Waals surface area contributed by atoms with E-state index in [9.17, 15) is 20.4 Å². The van der Waals surface area contributed by atoms with Crippen molar-refractivity contribution in [2.24, 2.45) is 0 Å². The first-order chi connectivity index (χ1) is 14.4. The molecule has 8 heteroatoms. The van der Waals surface area contributed by atoms with Crippen LogP contribution in [0.1, 0.15) is 30.4 Å². The second-order valence-corrected chi connectivity index (χ2v) is 7.05. The van der Waals surface area contributed by atoms with Crippen LogP contribution < -0.4 is 14.2 Å². The maximum absolute atomic E-state index is 10.3. The van der Waals surface area contributed by atoms with Gasteiger partial charge in [-0.15, -0.1) is 0 Å². The summed E-state index contributed by atoms with van der Waals surface area (Å²) in [6, 6.07) is 8.26. The van der Waals surface area contributed by atoms with Crippen molar-refractivity contribution in [2.45, 2.75) is 44.3 Å². The first-order valence-corrected chi connectivity index (χ1v) is 9.73. The van der Waals surface area contributed by atoms with E-state index in [0.29, 0.717) is 31.4 Å². The molecule has 166 valence electrons. The van der Waals surface area contributed by atoms with Crippen LogP contribution in [0.15, 0.2) is 30.3 Å². The summed E-state index contributed by atoms with van der Waals surface area (Å²) in [5.74, 6) is 0.573. The second kappa shape index (κ2) is 11.5. The first kappa shape index (κ1) is 23.6. The molecule has 0 saturated carbocycles. The first-order valence-electron chi connectivity index (χ1n) is 9.73. The lowest BCUT2D eigenvalue weighted by atomic mass is 9.98. The normalized spacial score (nSPS) is 13.0. The van der Waals surface area contributed by atoms with E-state index >= 15 is 0 Å². The molecule has 0 radical (unpaired) electrons. The van der Waals surface area contributed by atoms with Gasteiger partial charge in [0.2, 0.25) is 5.75 Å². The Morgan fingerprint density at radius 2 is 1.37 bits per heavy atom. The van der Waals surface area contributed by atoms with Crippen molar-refractivity contribution in [1.29, 1.82) is 0 Å². The number of benzene rings is 2. The van der Waals surface area contributed by atoms with Crippen LogP contribution in [0.3, 0.4) is 0 Å². The number of aliphatic hydroxyl groups excluding tert-OH is 3. The summed E-state index contributed by atoms with van der Waals surface area (Å²) in [5, 5.41) is 49.1. The van der Waals surface area contributed by atoms with E-state index in [1.807, 2.05) is 0 Å².